The smallest absolute Gasteiger partial charge is 0.336 e. The zero-order valence-corrected chi connectivity index (χ0v) is 17.0. The highest BCUT2D eigenvalue weighted by Crippen LogP contribution is 2.31. The summed E-state index contributed by atoms with van der Waals surface area (Å²) < 4.78 is 24.2. The molecule has 0 aliphatic carbocycles. The number of benzene rings is 2. The fourth-order valence-electron chi connectivity index (χ4n) is 2.72. The molecule has 0 saturated heterocycles. The molecule has 0 atom stereocenters. The molecule has 1 N–H and O–H groups in total. The number of fused-ring (bicyclic) bond motifs is 1. The minimum Gasteiger partial charge on any atom is -0.497 e. The van der Waals surface area contributed by atoms with Crippen molar-refractivity contribution >= 4 is 39.2 Å². The zero-order chi connectivity index (χ0) is 20.2. The Balaban J connectivity index is 1.43. The summed E-state index contributed by atoms with van der Waals surface area (Å²) in [7, 11) is 1.57. The van der Waals surface area contributed by atoms with Crippen molar-refractivity contribution < 1.29 is 13.5 Å². The quantitative estimate of drug-likeness (QED) is 0.337. The van der Waals surface area contributed by atoms with E-state index in [1.54, 1.807) is 25.3 Å². The van der Waals surface area contributed by atoms with E-state index in [-0.39, 0.29) is 5.82 Å². The molecule has 6 nitrogen and oxygen atoms in total. The lowest BCUT2D eigenvalue weighted by molar-refractivity contribution is 0.414. The Hall–Kier alpha value is -2.91. The van der Waals surface area contributed by atoms with Crippen LogP contribution in [0.2, 0.25) is 0 Å². The highest BCUT2D eigenvalue weighted by molar-refractivity contribution is 8.00. The van der Waals surface area contributed by atoms with Gasteiger partial charge in [0.05, 0.1) is 7.11 Å². The van der Waals surface area contributed by atoms with Crippen molar-refractivity contribution in [1.82, 2.24) is 10.2 Å². The van der Waals surface area contributed by atoms with E-state index in [0.29, 0.717) is 28.8 Å². The zero-order valence-electron chi connectivity index (χ0n) is 15.3. The second kappa shape index (κ2) is 8.62. The molecule has 9 heteroatoms. The summed E-state index contributed by atoms with van der Waals surface area (Å²) in [5.41, 5.74) is 1.90. The Morgan fingerprint density at radius 3 is 2.79 bits per heavy atom. The van der Waals surface area contributed by atoms with Crippen molar-refractivity contribution in [3.63, 3.8) is 0 Å². The second-order valence-electron chi connectivity index (χ2n) is 6.09. The standard InChI is InChI=1S/C20H16FN3O3S2/c1-26-15-6-7-16-13(8-18(25)27-17(16)9-15)11-28-20-24-23-19(29-20)22-10-12-2-4-14(21)5-3-12/h2-9H,10-11H2,1H3,(H,22,23). The number of methoxy groups -OCH3 is 1. The summed E-state index contributed by atoms with van der Waals surface area (Å²) in [4.78, 5) is 11.9. The fourth-order valence-corrected chi connectivity index (χ4v) is 4.45. The van der Waals surface area contributed by atoms with Gasteiger partial charge >= 0.3 is 5.63 Å². The molecule has 0 saturated carbocycles. The summed E-state index contributed by atoms with van der Waals surface area (Å²) in [5, 5.41) is 13.0. The van der Waals surface area contributed by atoms with E-state index in [9.17, 15) is 9.18 Å². The second-order valence-corrected chi connectivity index (χ2v) is 8.29. The normalized spacial score (nSPS) is 11.0. The fraction of sp³-hybridized carbons (Fsp3) is 0.150. The number of thioether (sulfide) groups is 1. The van der Waals surface area contributed by atoms with Crippen molar-refractivity contribution in [3.8, 4) is 5.75 Å². The van der Waals surface area contributed by atoms with Crippen LogP contribution >= 0.6 is 23.1 Å². The van der Waals surface area contributed by atoms with Gasteiger partial charge in [0, 0.05) is 29.8 Å². The van der Waals surface area contributed by atoms with Gasteiger partial charge in [0.1, 0.15) is 17.1 Å². The third kappa shape index (κ3) is 4.75. The summed E-state index contributed by atoms with van der Waals surface area (Å²) in [5.74, 6) is 0.928. The van der Waals surface area contributed by atoms with Crippen molar-refractivity contribution in [1.29, 1.82) is 0 Å². The lowest BCUT2D eigenvalue weighted by Gasteiger charge is -2.05. The average Bonchev–Trinajstić information content (AvgIpc) is 3.19. The molecule has 4 aromatic rings. The lowest BCUT2D eigenvalue weighted by Crippen LogP contribution is -2.00. The largest absolute Gasteiger partial charge is 0.497 e. The van der Waals surface area contributed by atoms with Crippen molar-refractivity contribution in [2.45, 2.75) is 16.6 Å². The SMILES string of the molecule is COc1ccc2c(CSc3nnc(NCc4ccc(F)cc4)s3)cc(=O)oc2c1. The van der Waals surface area contributed by atoms with Crippen molar-refractivity contribution in [3.05, 3.63) is 75.9 Å². The number of hydrogen-bond acceptors (Lipinski definition) is 8. The van der Waals surface area contributed by atoms with Crippen LogP contribution in [0, 0.1) is 5.82 Å². The number of anilines is 1. The van der Waals surface area contributed by atoms with Crippen molar-refractivity contribution in [2.75, 3.05) is 12.4 Å². The van der Waals surface area contributed by atoms with Crippen LogP contribution < -0.4 is 15.7 Å². The van der Waals surface area contributed by atoms with Crippen LogP contribution in [0.15, 0.2) is 62.1 Å². The van der Waals surface area contributed by atoms with E-state index in [2.05, 4.69) is 15.5 Å². The van der Waals surface area contributed by atoms with Gasteiger partial charge in [0.2, 0.25) is 5.13 Å². The number of rotatable bonds is 7. The van der Waals surface area contributed by atoms with Crippen LogP contribution in [0.4, 0.5) is 9.52 Å². The first-order valence-corrected chi connectivity index (χ1v) is 10.5. The van der Waals surface area contributed by atoms with Crippen LogP contribution in [-0.2, 0) is 12.3 Å². The monoisotopic (exact) mass is 429 g/mol. The molecular weight excluding hydrogens is 413 g/mol. The van der Waals surface area contributed by atoms with Gasteiger partial charge in [-0.3, -0.25) is 0 Å². The number of halogens is 1. The molecule has 0 radical (unpaired) electrons. The number of nitrogens with zero attached hydrogens (tertiary/aromatic N) is 2. The number of aromatic nitrogens is 2. The Bertz CT molecular complexity index is 1190. The first-order chi connectivity index (χ1) is 14.1. The van der Waals surface area contributed by atoms with Gasteiger partial charge in [0.15, 0.2) is 4.34 Å². The molecule has 2 aromatic carbocycles. The molecule has 0 bridgehead atoms. The summed E-state index contributed by atoms with van der Waals surface area (Å²) in [6.45, 7) is 0.534. The van der Waals surface area contributed by atoms with Crippen LogP contribution in [0.5, 0.6) is 5.75 Å². The van der Waals surface area contributed by atoms with Gasteiger partial charge in [-0.05, 0) is 35.4 Å². The Labute approximate surface area is 173 Å². The molecule has 0 spiro atoms. The maximum atomic E-state index is 13.0. The molecule has 148 valence electrons. The summed E-state index contributed by atoms with van der Waals surface area (Å²) in [6, 6.07) is 13.2. The third-order valence-corrected chi connectivity index (χ3v) is 6.22. The van der Waals surface area contributed by atoms with E-state index in [4.69, 9.17) is 9.15 Å². The molecule has 2 heterocycles. The number of ether oxygens (including phenoxy) is 1. The van der Waals surface area contributed by atoms with Gasteiger partial charge in [0.25, 0.3) is 0 Å². The van der Waals surface area contributed by atoms with Gasteiger partial charge in [-0.1, -0.05) is 35.2 Å². The van der Waals surface area contributed by atoms with E-state index >= 15 is 0 Å². The Kier molecular flexibility index (Phi) is 5.77. The molecule has 2 aromatic heterocycles. The Morgan fingerprint density at radius 1 is 1.17 bits per heavy atom. The predicted molar refractivity (Wildman–Crippen MR) is 112 cm³/mol. The van der Waals surface area contributed by atoms with E-state index in [1.165, 1.54) is 41.3 Å². The van der Waals surface area contributed by atoms with E-state index < -0.39 is 5.63 Å². The maximum absolute atomic E-state index is 13.0. The topological polar surface area (TPSA) is 77.3 Å². The van der Waals surface area contributed by atoms with E-state index in [1.807, 2.05) is 12.1 Å². The predicted octanol–water partition coefficient (Wildman–Crippen LogP) is 4.70. The highest BCUT2D eigenvalue weighted by atomic mass is 32.2. The number of hydrogen-bond donors (Lipinski definition) is 1. The van der Waals surface area contributed by atoms with Crippen LogP contribution in [0.25, 0.3) is 11.0 Å². The molecule has 0 fully saturated rings. The molecule has 0 aliphatic rings. The van der Waals surface area contributed by atoms with Gasteiger partial charge in [-0.15, -0.1) is 10.2 Å². The first-order valence-electron chi connectivity index (χ1n) is 8.66. The van der Waals surface area contributed by atoms with Gasteiger partial charge < -0.3 is 14.5 Å². The van der Waals surface area contributed by atoms with Gasteiger partial charge in [-0.2, -0.15) is 0 Å². The summed E-state index contributed by atoms with van der Waals surface area (Å²) in [6.07, 6.45) is 0. The first kappa shape index (κ1) is 19.4. The molecule has 0 amide bonds. The molecule has 29 heavy (non-hydrogen) atoms. The van der Waals surface area contributed by atoms with Gasteiger partial charge in [-0.25, -0.2) is 9.18 Å². The maximum Gasteiger partial charge on any atom is 0.336 e. The highest BCUT2D eigenvalue weighted by Gasteiger charge is 2.10. The van der Waals surface area contributed by atoms with Crippen LogP contribution in [-0.4, -0.2) is 17.3 Å². The van der Waals surface area contributed by atoms with Crippen LogP contribution in [0.3, 0.4) is 0 Å². The lowest BCUT2D eigenvalue weighted by atomic mass is 10.1. The minimum absolute atomic E-state index is 0.260. The average molecular weight is 429 g/mol. The molecule has 0 unspecified atom stereocenters. The van der Waals surface area contributed by atoms with Crippen molar-refractivity contribution in [2.24, 2.45) is 0 Å². The van der Waals surface area contributed by atoms with Crippen LogP contribution in [0.1, 0.15) is 11.1 Å². The van der Waals surface area contributed by atoms with E-state index in [0.717, 1.165) is 20.9 Å². The molecular formula is C20H16FN3O3S2. The summed E-state index contributed by atoms with van der Waals surface area (Å²) >= 11 is 2.92. The molecule has 0 aliphatic heterocycles. The minimum atomic E-state index is -0.403. The molecule has 4 rings (SSSR count). The number of nitrogens with one attached hydrogen (secondary N) is 1. The third-order valence-electron chi connectivity index (χ3n) is 4.15. The Morgan fingerprint density at radius 2 is 2.00 bits per heavy atom.